The van der Waals surface area contributed by atoms with Gasteiger partial charge in [-0.2, -0.15) is 0 Å². The van der Waals surface area contributed by atoms with Gasteiger partial charge in [-0.1, -0.05) is 30.3 Å². The number of likely N-dealkylation sites (tertiary alicyclic amines) is 1. The van der Waals surface area contributed by atoms with Gasteiger partial charge in [0.25, 0.3) is 5.91 Å². The van der Waals surface area contributed by atoms with Crippen molar-refractivity contribution in [3.05, 3.63) is 71.4 Å². The molecule has 0 aliphatic carbocycles. The molecule has 3 amide bonds. The molecule has 1 unspecified atom stereocenters. The highest BCUT2D eigenvalue weighted by molar-refractivity contribution is 5.95. The van der Waals surface area contributed by atoms with Crippen LogP contribution in [0.2, 0.25) is 0 Å². The van der Waals surface area contributed by atoms with Gasteiger partial charge in [-0.3, -0.25) is 19.4 Å². The fourth-order valence-corrected chi connectivity index (χ4v) is 5.49. The Balaban J connectivity index is 1.20. The average molecular weight is 500 g/mol. The van der Waals surface area contributed by atoms with Crippen LogP contribution in [0.25, 0.3) is 10.9 Å². The van der Waals surface area contributed by atoms with E-state index in [1.807, 2.05) is 30.0 Å². The molecule has 2 aliphatic heterocycles. The molecule has 2 saturated heterocycles. The number of piperazine rings is 1. The highest BCUT2D eigenvalue weighted by Crippen LogP contribution is 2.28. The number of piperidine rings is 1. The minimum atomic E-state index is -0.401. The molecule has 3 heterocycles. The van der Waals surface area contributed by atoms with Gasteiger partial charge in [-0.05, 0) is 49.6 Å². The zero-order chi connectivity index (χ0) is 25.9. The van der Waals surface area contributed by atoms with Crippen molar-refractivity contribution in [2.75, 3.05) is 44.2 Å². The predicted molar refractivity (Wildman–Crippen MR) is 143 cm³/mol. The Morgan fingerprint density at radius 2 is 1.68 bits per heavy atom. The number of pyridine rings is 1. The molecule has 2 fully saturated rings. The van der Waals surface area contributed by atoms with Crippen molar-refractivity contribution in [2.45, 2.75) is 26.2 Å². The van der Waals surface area contributed by atoms with E-state index >= 15 is 0 Å². The van der Waals surface area contributed by atoms with Gasteiger partial charge >= 0.3 is 0 Å². The van der Waals surface area contributed by atoms with Crippen molar-refractivity contribution in [1.82, 2.24) is 14.8 Å². The number of hydrogen-bond acceptors (Lipinski definition) is 5. The standard InChI is InChI=1S/C29H33N5O3/c1-20-17-26(24-6-2-3-7-25(24)31-20)32-13-15-33(16-14-32)29(37)23-5-4-12-34(19-23)28(36)22-10-8-21(9-11-22)18-27(30)35/h2-3,6-11,17,23H,4-5,12-16,18-19H2,1H3,(H2,30,35). The summed E-state index contributed by atoms with van der Waals surface area (Å²) in [6.45, 7) is 5.98. The summed E-state index contributed by atoms with van der Waals surface area (Å²) in [4.78, 5) is 48.4. The molecule has 0 spiro atoms. The molecule has 0 radical (unpaired) electrons. The molecule has 192 valence electrons. The fourth-order valence-electron chi connectivity index (χ4n) is 5.49. The predicted octanol–water partition coefficient (Wildman–Crippen LogP) is 2.77. The molecule has 1 atom stereocenters. The van der Waals surface area contributed by atoms with Crippen molar-refractivity contribution in [1.29, 1.82) is 0 Å². The number of hydrogen-bond donors (Lipinski definition) is 1. The number of nitrogens with two attached hydrogens (primary N) is 1. The molecular weight excluding hydrogens is 466 g/mol. The normalized spacial score (nSPS) is 18.2. The van der Waals surface area contributed by atoms with E-state index < -0.39 is 5.91 Å². The van der Waals surface area contributed by atoms with E-state index in [2.05, 4.69) is 22.0 Å². The van der Waals surface area contributed by atoms with Gasteiger partial charge in [-0.15, -0.1) is 0 Å². The molecule has 2 aliphatic rings. The van der Waals surface area contributed by atoms with Crippen molar-refractivity contribution < 1.29 is 14.4 Å². The number of para-hydroxylation sites is 1. The smallest absolute Gasteiger partial charge is 0.253 e. The number of aryl methyl sites for hydroxylation is 1. The molecule has 0 saturated carbocycles. The zero-order valence-electron chi connectivity index (χ0n) is 21.2. The van der Waals surface area contributed by atoms with Crippen LogP contribution in [-0.4, -0.2) is 71.8 Å². The summed E-state index contributed by atoms with van der Waals surface area (Å²) in [5.74, 6) is -0.512. The SMILES string of the molecule is Cc1cc(N2CCN(C(=O)C3CCCN(C(=O)c4ccc(CC(N)=O)cc4)C3)CC2)c2ccccc2n1. The lowest BCUT2D eigenvalue weighted by Gasteiger charge is -2.40. The first-order valence-corrected chi connectivity index (χ1v) is 13.0. The Kier molecular flexibility index (Phi) is 7.08. The maximum absolute atomic E-state index is 13.4. The number of carbonyl (C=O) groups excluding carboxylic acids is 3. The second-order valence-corrected chi connectivity index (χ2v) is 10.0. The van der Waals surface area contributed by atoms with Crippen LogP contribution in [0.3, 0.4) is 0 Å². The quantitative estimate of drug-likeness (QED) is 0.582. The molecule has 2 N–H and O–H groups in total. The first kappa shape index (κ1) is 24.7. The Hall–Kier alpha value is -3.94. The summed E-state index contributed by atoms with van der Waals surface area (Å²) in [5.41, 5.74) is 9.75. The lowest BCUT2D eigenvalue weighted by atomic mass is 9.95. The second kappa shape index (κ2) is 10.6. The Labute approximate surface area is 217 Å². The van der Waals surface area contributed by atoms with Gasteiger partial charge < -0.3 is 20.4 Å². The van der Waals surface area contributed by atoms with E-state index in [-0.39, 0.29) is 24.2 Å². The molecule has 3 aromatic rings. The van der Waals surface area contributed by atoms with E-state index in [0.29, 0.717) is 31.7 Å². The first-order valence-electron chi connectivity index (χ1n) is 13.0. The summed E-state index contributed by atoms with van der Waals surface area (Å²) < 4.78 is 0. The number of nitrogens with zero attached hydrogens (tertiary/aromatic N) is 4. The van der Waals surface area contributed by atoms with Gasteiger partial charge in [-0.25, -0.2) is 0 Å². The molecule has 8 nitrogen and oxygen atoms in total. The lowest BCUT2D eigenvalue weighted by Crippen LogP contribution is -2.53. The van der Waals surface area contributed by atoms with Crippen molar-refractivity contribution >= 4 is 34.3 Å². The van der Waals surface area contributed by atoms with E-state index in [0.717, 1.165) is 48.1 Å². The van der Waals surface area contributed by atoms with E-state index in [9.17, 15) is 14.4 Å². The monoisotopic (exact) mass is 499 g/mol. The zero-order valence-corrected chi connectivity index (χ0v) is 21.2. The topological polar surface area (TPSA) is 99.8 Å². The van der Waals surface area contributed by atoms with Crippen LogP contribution in [0.4, 0.5) is 5.69 Å². The van der Waals surface area contributed by atoms with E-state index in [1.165, 1.54) is 5.69 Å². The lowest BCUT2D eigenvalue weighted by molar-refractivity contribution is -0.137. The molecule has 8 heteroatoms. The fraction of sp³-hybridized carbons (Fsp3) is 0.379. The second-order valence-electron chi connectivity index (χ2n) is 10.0. The maximum atomic E-state index is 13.4. The molecule has 0 bridgehead atoms. The minimum absolute atomic E-state index is 0.0760. The van der Waals surface area contributed by atoms with Crippen LogP contribution in [-0.2, 0) is 16.0 Å². The highest BCUT2D eigenvalue weighted by Gasteiger charge is 2.33. The van der Waals surface area contributed by atoms with Gasteiger partial charge in [0.1, 0.15) is 0 Å². The Morgan fingerprint density at radius 3 is 2.41 bits per heavy atom. The summed E-state index contributed by atoms with van der Waals surface area (Å²) in [5, 5.41) is 1.14. The maximum Gasteiger partial charge on any atom is 0.253 e. The summed E-state index contributed by atoms with van der Waals surface area (Å²) >= 11 is 0. The third kappa shape index (κ3) is 5.43. The van der Waals surface area contributed by atoms with Gasteiger partial charge in [0, 0.05) is 61.6 Å². The van der Waals surface area contributed by atoms with Crippen LogP contribution in [0.5, 0.6) is 0 Å². The molecule has 2 aromatic carbocycles. The summed E-state index contributed by atoms with van der Waals surface area (Å²) in [7, 11) is 0. The van der Waals surface area contributed by atoms with Crippen LogP contribution < -0.4 is 10.6 Å². The van der Waals surface area contributed by atoms with Gasteiger partial charge in [0.05, 0.1) is 17.9 Å². The number of benzene rings is 2. The first-order chi connectivity index (χ1) is 17.9. The molecule has 37 heavy (non-hydrogen) atoms. The number of fused-ring (bicyclic) bond motifs is 1. The van der Waals surface area contributed by atoms with Crippen LogP contribution in [0.1, 0.15) is 34.5 Å². The van der Waals surface area contributed by atoms with Crippen LogP contribution >= 0.6 is 0 Å². The van der Waals surface area contributed by atoms with E-state index in [4.69, 9.17) is 5.73 Å². The number of rotatable bonds is 5. The van der Waals surface area contributed by atoms with Gasteiger partial charge in [0.2, 0.25) is 11.8 Å². The number of aromatic nitrogens is 1. The third-order valence-electron chi connectivity index (χ3n) is 7.39. The number of anilines is 1. The number of carbonyl (C=O) groups is 3. The summed E-state index contributed by atoms with van der Waals surface area (Å²) in [6, 6.07) is 17.3. The third-order valence-corrected chi connectivity index (χ3v) is 7.39. The largest absolute Gasteiger partial charge is 0.369 e. The summed E-state index contributed by atoms with van der Waals surface area (Å²) in [6.07, 6.45) is 1.76. The minimum Gasteiger partial charge on any atom is -0.369 e. The van der Waals surface area contributed by atoms with Crippen LogP contribution in [0, 0.1) is 12.8 Å². The highest BCUT2D eigenvalue weighted by atomic mass is 16.2. The van der Waals surface area contributed by atoms with E-state index in [1.54, 1.807) is 29.2 Å². The molecule has 1 aromatic heterocycles. The van der Waals surface area contributed by atoms with Crippen molar-refractivity contribution in [3.63, 3.8) is 0 Å². The molecule has 5 rings (SSSR count). The van der Waals surface area contributed by atoms with Crippen molar-refractivity contribution in [2.24, 2.45) is 11.7 Å². The van der Waals surface area contributed by atoms with Crippen LogP contribution in [0.15, 0.2) is 54.6 Å². The average Bonchev–Trinajstić information content (AvgIpc) is 2.92. The molecular formula is C29H33N5O3. The number of primary amides is 1. The Morgan fingerprint density at radius 1 is 0.946 bits per heavy atom. The van der Waals surface area contributed by atoms with Crippen molar-refractivity contribution in [3.8, 4) is 0 Å². The number of amides is 3. The Bertz CT molecular complexity index is 1310. The van der Waals surface area contributed by atoms with Gasteiger partial charge in [0.15, 0.2) is 0 Å².